The summed E-state index contributed by atoms with van der Waals surface area (Å²) in [6, 6.07) is 17.0. The van der Waals surface area contributed by atoms with Crippen LogP contribution in [-0.2, 0) is 4.79 Å². The number of benzene rings is 2. The summed E-state index contributed by atoms with van der Waals surface area (Å²) in [5.41, 5.74) is 8.05. The Morgan fingerprint density at radius 3 is 2.80 bits per heavy atom. The molecule has 1 saturated heterocycles. The Hall–Kier alpha value is -2.53. The molecule has 2 atom stereocenters. The van der Waals surface area contributed by atoms with Crippen molar-refractivity contribution in [2.45, 2.75) is 24.9 Å². The summed E-state index contributed by atoms with van der Waals surface area (Å²) < 4.78 is 5.30. The molecule has 2 aromatic rings. The fourth-order valence-electron chi connectivity index (χ4n) is 3.24. The van der Waals surface area contributed by atoms with Gasteiger partial charge < -0.3 is 20.7 Å². The first-order valence-electron chi connectivity index (χ1n) is 8.67. The molecular formula is C20H25N3O2. The van der Waals surface area contributed by atoms with Crippen molar-refractivity contribution < 1.29 is 9.53 Å². The van der Waals surface area contributed by atoms with Crippen LogP contribution in [0.5, 0.6) is 5.75 Å². The highest BCUT2D eigenvalue weighted by Gasteiger charge is 2.24. The lowest BCUT2D eigenvalue weighted by Crippen LogP contribution is -2.49. The van der Waals surface area contributed by atoms with Gasteiger partial charge in [0.15, 0.2) is 0 Å². The van der Waals surface area contributed by atoms with Gasteiger partial charge in [-0.3, -0.25) is 4.79 Å². The number of hydrogen-bond acceptors (Lipinski definition) is 4. The monoisotopic (exact) mass is 339 g/mol. The molecule has 0 aromatic heterocycles. The molecule has 1 aliphatic rings. The van der Waals surface area contributed by atoms with Crippen LogP contribution >= 0.6 is 0 Å². The summed E-state index contributed by atoms with van der Waals surface area (Å²) in [6.45, 7) is 1.75. The third kappa shape index (κ3) is 4.31. The number of rotatable bonds is 5. The van der Waals surface area contributed by atoms with Crippen molar-refractivity contribution >= 4 is 11.6 Å². The van der Waals surface area contributed by atoms with Crippen molar-refractivity contribution in [3.63, 3.8) is 0 Å². The van der Waals surface area contributed by atoms with Crippen LogP contribution in [0.4, 0.5) is 5.69 Å². The minimum absolute atomic E-state index is 0.0993. The zero-order chi connectivity index (χ0) is 17.6. The predicted octanol–water partition coefficient (Wildman–Crippen LogP) is 2.48. The molecule has 1 heterocycles. The number of carbonyl (C=O) groups is 1. The first-order chi connectivity index (χ1) is 12.2. The largest absolute Gasteiger partial charge is 0.497 e. The van der Waals surface area contributed by atoms with Crippen LogP contribution in [0.15, 0.2) is 54.6 Å². The molecule has 3 rings (SSSR count). The SMILES string of the molecule is COc1cccc(N2CCCC(NC(=O)C(N)c3ccccc3)C2)c1. The van der Waals surface area contributed by atoms with Crippen LogP contribution < -0.4 is 20.7 Å². The summed E-state index contributed by atoms with van der Waals surface area (Å²) in [5.74, 6) is 0.721. The van der Waals surface area contributed by atoms with E-state index in [1.165, 1.54) is 0 Å². The second kappa shape index (κ2) is 8.03. The van der Waals surface area contributed by atoms with Crippen LogP contribution in [0.2, 0.25) is 0 Å². The third-order valence-electron chi connectivity index (χ3n) is 4.63. The number of anilines is 1. The van der Waals surface area contributed by atoms with Crippen LogP contribution in [-0.4, -0.2) is 32.1 Å². The average molecular weight is 339 g/mol. The van der Waals surface area contributed by atoms with Crippen molar-refractivity contribution in [1.29, 1.82) is 0 Å². The first-order valence-corrected chi connectivity index (χ1v) is 8.67. The minimum Gasteiger partial charge on any atom is -0.497 e. The molecule has 0 radical (unpaired) electrons. The zero-order valence-corrected chi connectivity index (χ0v) is 14.5. The maximum absolute atomic E-state index is 12.5. The number of piperidine rings is 1. The van der Waals surface area contributed by atoms with E-state index >= 15 is 0 Å². The van der Waals surface area contributed by atoms with Gasteiger partial charge >= 0.3 is 0 Å². The highest BCUT2D eigenvalue weighted by atomic mass is 16.5. The number of nitrogens with one attached hydrogen (secondary N) is 1. The molecule has 1 aliphatic heterocycles. The Morgan fingerprint density at radius 2 is 2.04 bits per heavy atom. The summed E-state index contributed by atoms with van der Waals surface area (Å²) in [7, 11) is 1.67. The van der Waals surface area contributed by atoms with Gasteiger partial charge in [-0.2, -0.15) is 0 Å². The normalized spacial score (nSPS) is 18.5. The van der Waals surface area contributed by atoms with Gasteiger partial charge in [0, 0.05) is 30.9 Å². The predicted molar refractivity (Wildman–Crippen MR) is 99.7 cm³/mol. The van der Waals surface area contributed by atoms with Crippen molar-refractivity contribution in [3.05, 3.63) is 60.2 Å². The van der Waals surface area contributed by atoms with Gasteiger partial charge in [0.1, 0.15) is 11.8 Å². The lowest BCUT2D eigenvalue weighted by molar-refractivity contribution is -0.123. The molecule has 1 amide bonds. The van der Waals surface area contributed by atoms with Gasteiger partial charge in [0.25, 0.3) is 0 Å². The van der Waals surface area contributed by atoms with Crippen molar-refractivity contribution in [3.8, 4) is 5.75 Å². The molecule has 3 N–H and O–H groups in total. The number of hydrogen-bond donors (Lipinski definition) is 2. The number of ether oxygens (including phenoxy) is 1. The highest BCUT2D eigenvalue weighted by Crippen LogP contribution is 2.24. The van der Waals surface area contributed by atoms with E-state index in [1.807, 2.05) is 48.5 Å². The number of nitrogens with zero attached hydrogens (tertiary/aromatic N) is 1. The first kappa shape index (κ1) is 17.3. The Morgan fingerprint density at radius 1 is 1.24 bits per heavy atom. The van der Waals surface area contributed by atoms with Gasteiger partial charge in [0.05, 0.1) is 7.11 Å². The number of amides is 1. The van der Waals surface area contributed by atoms with E-state index in [0.717, 1.165) is 42.9 Å². The van der Waals surface area contributed by atoms with Crippen molar-refractivity contribution in [1.82, 2.24) is 5.32 Å². The third-order valence-corrected chi connectivity index (χ3v) is 4.63. The summed E-state index contributed by atoms with van der Waals surface area (Å²) >= 11 is 0. The van der Waals surface area contributed by atoms with Crippen molar-refractivity contribution in [2.24, 2.45) is 5.73 Å². The van der Waals surface area contributed by atoms with E-state index in [1.54, 1.807) is 7.11 Å². The number of nitrogens with two attached hydrogens (primary N) is 1. The zero-order valence-electron chi connectivity index (χ0n) is 14.5. The van der Waals surface area contributed by atoms with Crippen LogP contribution in [0, 0.1) is 0 Å². The van der Waals surface area contributed by atoms with Crippen LogP contribution in [0.1, 0.15) is 24.4 Å². The number of methoxy groups -OCH3 is 1. The van der Waals surface area contributed by atoms with Gasteiger partial charge in [-0.25, -0.2) is 0 Å². The Balaban J connectivity index is 1.62. The maximum atomic E-state index is 12.5. The highest BCUT2D eigenvalue weighted by molar-refractivity contribution is 5.83. The Kier molecular flexibility index (Phi) is 5.56. The van der Waals surface area contributed by atoms with E-state index in [-0.39, 0.29) is 11.9 Å². The molecule has 0 saturated carbocycles. The lowest BCUT2D eigenvalue weighted by Gasteiger charge is -2.35. The topological polar surface area (TPSA) is 67.6 Å². The van der Waals surface area contributed by atoms with E-state index < -0.39 is 6.04 Å². The number of carbonyl (C=O) groups excluding carboxylic acids is 1. The Labute approximate surface area is 148 Å². The molecule has 1 fully saturated rings. The summed E-state index contributed by atoms with van der Waals surface area (Å²) in [6.07, 6.45) is 2.00. The molecule has 0 aliphatic carbocycles. The molecule has 2 aromatic carbocycles. The Bertz CT molecular complexity index is 705. The standard InChI is InChI=1S/C20H25N3O2/c1-25-18-11-5-10-17(13-18)23-12-6-9-16(14-23)22-20(24)19(21)15-7-3-2-4-8-15/h2-5,7-8,10-11,13,16,19H,6,9,12,14,21H2,1H3,(H,22,24). The molecule has 132 valence electrons. The lowest BCUT2D eigenvalue weighted by atomic mass is 10.0. The molecule has 5 nitrogen and oxygen atoms in total. The maximum Gasteiger partial charge on any atom is 0.241 e. The molecule has 5 heteroatoms. The summed E-state index contributed by atoms with van der Waals surface area (Å²) in [4.78, 5) is 14.8. The van der Waals surface area contributed by atoms with Gasteiger partial charge in [-0.15, -0.1) is 0 Å². The molecular weight excluding hydrogens is 314 g/mol. The second-order valence-electron chi connectivity index (χ2n) is 6.38. The minimum atomic E-state index is -0.631. The second-order valence-corrected chi connectivity index (χ2v) is 6.38. The molecule has 0 bridgehead atoms. The van der Waals surface area contributed by atoms with Crippen LogP contribution in [0.3, 0.4) is 0 Å². The van der Waals surface area contributed by atoms with Gasteiger partial charge in [0.2, 0.25) is 5.91 Å². The molecule has 2 unspecified atom stereocenters. The smallest absolute Gasteiger partial charge is 0.241 e. The quantitative estimate of drug-likeness (QED) is 0.878. The summed E-state index contributed by atoms with van der Waals surface area (Å²) in [5, 5.41) is 3.11. The molecule has 25 heavy (non-hydrogen) atoms. The van der Waals surface area contributed by atoms with Gasteiger partial charge in [-0.1, -0.05) is 36.4 Å². The van der Waals surface area contributed by atoms with Crippen LogP contribution in [0.25, 0.3) is 0 Å². The average Bonchev–Trinajstić information content (AvgIpc) is 2.68. The van der Waals surface area contributed by atoms with Crippen molar-refractivity contribution in [2.75, 3.05) is 25.1 Å². The van der Waals surface area contributed by atoms with E-state index in [0.29, 0.717) is 0 Å². The molecule has 0 spiro atoms. The fraction of sp³-hybridized carbons (Fsp3) is 0.350. The van der Waals surface area contributed by atoms with E-state index in [4.69, 9.17) is 10.5 Å². The van der Waals surface area contributed by atoms with E-state index in [9.17, 15) is 4.79 Å². The fourth-order valence-corrected chi connectivity index (χ4v) is 3.24. The van der Waals surface area contributed by atoms with Gasteiger partial charge in [-0.05, 0) is 30.5 Å². The van der Waals surface area contributed by atoms with E-state index in [2.05, 4.69) is 16.3 Å².